The molecule has 0 saturated carbocycles. The minimum absolute atomic E-state index is 0.0601. The Hall–Kier alpha value is -3.59. The maximum absolute atomic E-state index is 9.50. The van der Waals surface area contributed by atoms with Crippen LogP contribution in [0.3, 0.4) is 0 Å². The van der Waals surface area contributed by atoms with E-state index in [1.807, 2.05) is 24.3 Å². The van der Waals surface area contributed by atoms with E-state index in [1.165, 1.54) is 5.56 Å². The quantitative estimate of drug-likeness (QED) is 0.336. The number of rotatable bonds is 4. The van der Waals surface area contributed by atoms with Crippen molar-refractivity contribution in [2.45, 2.75) is 13.8 Å². The molecule has 1 aliphatic heterocycles. The Bertz CT molecular complexity index is 1010. The molecule has 5 nitrogen and oxygen atoms in total. The van der Waals surface area contributed by atoms with Gasteiger partial charge in [-0.05, 0) is 49.3 Å². The number of benzene rings is 1. The molecule has 0 radical (unpaired) electrons. The summed E-state index contributed by atoms with van der Waals surface area (Å²) in [4.78, 5) is 5.44. The second kappa shape index (κ2) is 8.40. The first-order valence-corrected chi connectivity index (χ1v) is 8.88. The lowest BCUT2D eigenvalue weighted by Crippen LogP contribution is -2.45. The molecule has 0 atom stereocenters. The number of hydrogen-bond acceptors (Lipinski definition) is 3. The van der Waals surface area contributed by atoms with E-state index in [4.69, 9.17) is 11.8 Å². The van der Waals surface area contributed by atoms with Gasteiger partial charge in [-0.1, -0.05) is 18.2 Å². The molecule has 140 valence electrons. The van der Waals surface area contributed by atoms with Crippen LogP contribution in [0.2, 0.25) is 0 Å². The standard InChI is InChI=1S/C23H24N5/c1-17-13-20(12-11-19(14-24)18(2)22(15-25)26-3)27(16-28(4,5)6)23-10-8-7-9-21(17)23/h7-13H,16H2,1-2,4-6H3/q+1/b19-11?,20-12?,22-18-. The molecule has 1 aliphatic rings. The number of nitrogens with zero attached hydrogens (tertiary/aromatic N) is 5. The monoisotopic (exact) mass is 370 g/mol. The van der Waals surface area contributed by atoms with Crippen molar-refractivity contribution in [2.24, 2.45) is 0 Å². The minimum Gasteiger partial charge on any atom is -0.314 e. The van der Waals surface area contributed by atoms with Crippen LogP contribution in [0.15, 0.2) is 65.0 Å². The first-order chi connectivity index (χ1) is 13.2. The fourth-order valence-electron chi connectivity index (χ4n) is 3.01. The van der Waals surface area contributed by atoms with E-state index in [2.05, 4.69) is 62.1 Å². The summed E-state index contributed by atoms with van der Waals surface area (Å²) in [6.07, 6.45) is 5.67. The van der Waals surface area contributed by atoms with Gasteiger partial charge in [-0.2, -0.15) is 5.26 Å². The Kier molecular flexibility index (Phi) is 6.22. The van der Waals surface area contributed by atoms with Gasteiger partial charge in [0.15, 0.2) is 6.67 Å². The number of anilines is 1. The van der Waals surface area contributed by atoms with E-state index in [-0.39, 0.29) is 5.70 Å². The van der Waals surface area contributed by atoms with E-state index in [9.17, 15) is 5.26 Å². The van der Waals surface area contributed by atoms with Crippen LogP contribution in [0, 0.1) is 29.2 Å². The van der Waals surface area contributed by atoms with Gasteiger partial charge in [-0.15, -0.1) is 0 Å². The molecule has 5 heteroatoms. The van der Waals surface area contributed by atoms with Crippen LogP contribution in [0.5, 0.6) is 0 Å². The Labute approximate surface area is 167 Å². The van der Waals surface area contributed by atoms with Crippen LogP contribution in [0.4, 0.5) is 5.69 Å². The fourth-order valence-corrected chi connectivity index (χ4v) is 3.01. The van der Waals surface area contributed by atoms with Crippen molar-refractivity contribution >= 4 is 11.3 Å². The summed E-state index contributed by atoms with van der Waals surface area (Å²) < 4.78 is 0.739. The third-order valence-electron chi connectivity index (χ3n) is 4.38. The second-order valence-electron chi connectivity index (χ2n) is 7.69. The van der Waals surface area contributed by atoms with Crippen LogP contribution in [-0.2, 0) is 0 Å². The third kappa shape index (κ3) is 4.57. The minimum atomic E-state index is -0.0601. The van der Waals surface area contributed by atoms with E-state index >= 15 is 0 Å². The van der Waals surface area contributed by atoms with Crippen molar-refractivity contribution in [1.29, 1.82) is 10.5 Å². The van der Waals surface area contributed by atoms with Gasteiger partial charge in [0.25, 0.3) is 5.70 Å². The molecule has 0 aromatic heterocycles. The Morgan fingerprint density at radius 3 is 2.46 bits per heavy atom. The maximum atomic E-state index is 9.50. The van der Waals surface area contributed by atoms with E-state index < -0.39 is 0 Å². The summed E-state index contributed by atoms with van der Waals surface area (Å²) in [6, 6.07) is 12.2. The number of allylic oxidation sites excluding steroid dienone is 7. The highest BCUT2D eigenvalue weighted by atomic mass is 15.4. The topological polar surface area (TPSA) is 55.2 Å². The first-order valence-electron chi connectivity index (χ1n) is 8.88. The van der Waals surface area contributed by atoms with E-state index in [1.54, 1.807) is 13.0 Å². The van der Waals surface area contributed by atoms with Gasteiger partial charge in [0.05, 0.1) is 45.5 Å². The van der Waals surface area contributed by atoms with Crippen LogP contribution in [0.25, 0.3) is 10.4 Å². The SMILES string of the molecule is [C-]#[N+]/C(C#N)=C(/C)C(C#N)=CC=C1C=C(C)c2ccccc2N1C[N+](C)(C)C. The third-order valence-corrected chi connectivity index (χ3v) is 4.38. The van der Waals surface area contributed by atoms with Gasteiger partial charge >= 0.3 is 0 Å². The summed E-state index contributed by atoms with van der Waals surface area (Å²) in [5.74, 6) is 0. The molecule has 2 rings (SSSR count). The molecule has 1 heterocycles. The predicted octanol–water partition coefficient (Wildman–Crippen LogP) is 4.62. The summed E-state index contributed by atoms with van der Waals surface area (Å²) in [5.41, 5.74) is 5.08. The molecule has 0 bridgehead atoms. The van der Waals surface area contributed by atoms with Crippen LogP contribution >= 0.6 is 0 Å². The Morgan fingerprint density at radius 2 is 1.89 bits per heavy atom. The lowest BCUT2D eigenvalue weighted by Gasteiger charge is -2.37. The first kappa shape index (κ1) is 20.7. The lowest BCUT2D eigenvalue weighted by atomic mass is 9.98. The van der Waals surface area contributed by atoms with Crippen molar-refractivity contribution in [3.05, 3.63) is 82.0 Å². The molecule has 0 saturated heterocycles. The zero-order valence-corrected chi connectivity index (χ0v) is 17.0. The number of fused-ring (bicyclic) bond motifs is 1. The number of quaternary nitrogens is 1. The molecule has 0 amide bonds. The molecule has 28 heavy (non-hydrogen) atoms. The van der Waals surface area contributed by atoms with E-state index in [0.29, 0.717) is 11.1 Å². The number of hydrogen-bond donors (Lipinski definition) is 0. The fraction of sp³-hybridized carbons (Fsp3) is 0.261. The van der Waals surface area contributed by atoms with Gasteiger partial charge in [0.1, 0.15) is 0 Å². The highest BCUT2D eigenvalue weighted by Gasteiger charge is 2.24. The van der Waals surface area contributed by atoms with Gasteiger partial charge in [-0.25, -0.2) is 10.1 Å². The lowest BCUT2D eigenvalue weighted by molar-refractivity contribution is -0.869. The van der Waals surface area contributed by atoms with Crippen molar-refractivity contribution < 1.29 is 4.48 Å². The summed E-state index contributed by atoms with van der Waals surface area (Å²) in [5, 5.41) is 18.6. The largest absolute Gasteiger partial charge is 0.314 e. The molecule has 1 aromatic rings. The van der Waals surface area contributed by atoms with Gasteiger partial charge < -0.3 is 4.48 Å². The van der Waals surface area contributed by atoms with Crippen LogP contribution in [0.1, 0.15) is 19.4 Å². The molecule has 0 unspecified atom stereocenters. The highest BCUT2D eigenvalue weighted by molar-refractivity contribution is 5.83. The van der Waals surface area contributed by atoms with Gasteiger partial charge in [0.2, 0.25) is 0 Å². The summed E-state index contributed by atoms with van der Waals surface area (Å²) in [6.45, 7) is 11.6. The van der Waals surface area contributed by atoms with Gasteiger partial charge in [-0.3, -0.25) is 4.90 Å². The smallest absolute Gasteiger partial charge is 0.266 e. The molecule has 1 aromatic carbocycles. The van der Waals surface area contributed by atoms with Crippen molar-refractivity contribution in [3.8, 4) is 12.1 Å². The molecule has 0 fully saturated rings. The van der Waals surface area contributed by atoms with Crippen LogP contribution in [-0.4, -0.2) is 32.3 Å². The average Bonchev–Trinajstić information content (AvgIpc) is 2.65. The van der Waals surface area contributed by atoms with E-state index in [0.717, 1.165) is 28.1 Å². The molecular formula is C23H24N5+. The Morgan fingerprint density at radius 1 is 1.21 bits per heavy atom. The summed E-state index contributed by atoms with van der Waals surface area (Å²) >= 11 is 0. The molecule has 0 spiro atoms. The zero-order valence-electron chi connectivity index (χ0n) is 17.0. The summed E-state index contributed by atoms with van der Waals surface area (Å²) in [7, 11) is 6.39. The predicted molar refractivity (Wildman–Crippen MR) is 112 cm³/mol. The van der Waals surface area contributed by atoms with Crippen molar-refractivity contribution in [3.63, 3.8) is 0 Å². The van der Waals surface area contributed by atoms with Crippen molar-refractivity contribution in [1.82, 2.24) is 0 Å². The second-order valence-corrected chi connectivity index (χ2v) is 7.69. The molecule has 0 N–H and O–H groups in total. The maximum Gasteiger partial charge on any atom is 0.266 e. The average molecular weight is 370 g/mol. The normalized spacial score (nSPS) is 16.4. The Balaban J connectivity index is 2.60. The number of nitriles is 2. The zero-order chi connectivity index (χ0) is 20.9. The number of para-hydroxylation sites is 1. The highest BCUT2D eigenvalue weighted by Crippen LogP contribution is 2.36. The van der Waals surface area contributed by atoms with Crippen molar-refractivity contribution in [2.75, 3.05) is 32.7 Å². The van der Waals surface area contributed by atoms with Crippen LogP contribution < -0.4 is 4.90 Å². The molecular weight excluding hydrogens is 346 g/mol. The van der Waals surface area contributed by atoms with Gasteiger partial charge in [0, 0.05) is 16.8 Å². The molecule has 0 aliphatic carbocycles.